The molecule has 1 aromatic heterocycles. The minimum Gasteiger partial charge on any atom is -0.310 e. The molecule has 59 heavy (non-hydrogen) atoms. The van der Waals surface area contributed by atoms with Crippen molar-refractivity contribution in [3.63, 3.8) is 0 Å². The van der Waals surface area contributed by atoms with E-state index in [0.717, 1.165) is 17.1 Å². The fraction of sp³-hybridized carbons (Fsp3) is 0.0526. The van der Waals surface area contributed by atoms with Crippen molar-refractivity contribution in [1.29, 1.82) is 0 Å². The van der Waals surface area contributed by atoms with Gasteiger partial charge in [0.05, 0.1) is 5.69 Å². The Morgan fingerprint density at radius 1 is 0.356 bits per heavy atom. The van der Waals surface area contributed by atoms with Crippen molar-refractivity contribution in [3.8, 4) is 55.6 Å². The Balaban J connectivity index is 1.01. The molecule has 0 saturated heterocycles. The van der Waals surface area contributed by atoms with Crippen molar-refractivity contribution in [3.05, 3.63) is 223 Å². The number of rotatable bonds is 7. The first kappa shape index (κ1) is 35.2. The third kappa shape index (κ3) is 5.99. The van der Waals surface area contributed by atoms with Crippen LogP contribution in [0.2, 0.25) is 0 Å². The highest BCUT2D eigenvalue weighted by molar-refractivity contribution is 7.26. The smallest absolute Gasteiger partial charge is 0.0540 e. The van der Waals surface area contributed by atoms with Gasteiger partial charge in [0.2, 0.25) is 0 Å². The minimum absolute atomic E-state index is 0.00863. The molecule has 10 aromatic rings. The molecule has 0 spiro atoms. The Kier molecular flexibility index (Phi) is 8.43. The molecule has 11 rings (SSSR count). The first-order chi connectivity index (χ1) is 29.0. The zero-order valence-electron chi connectivity index (χ0n) is 33.1. The zero-order valence-corrected chi connectivity index (χ0v) is 33.9. The van der Waals surface area contributed by atoms with Crippen LogP contribution in [0.1, 0.15) is 25.0 Å². The molecule has 0 saturated carbocycles. The summed E-state index contributed by atoms with van der Waals surface area (Å²) in [5, 5.41) is 2.64. The maximum absolute atomic E-state index is 2.42. The highest BCUT2D eigenvalue weighted by Gasteiger charge is 2.35. The first-order valence-electron chi connectivity index (χ1n) is 20.4. The molecular formula is C57H41NS. The van der Waals surface area contributed by atoms with Crippen LogP contribution in [-0.2, 0) is 5.41 Å². The van der Waals surface area contributed by atoms with Crippen LogP contribution in [0.4, 0.5) is 17.1 Å². The lowest BCUT2D eigenvalue weighted by Gasteiger charge is -2.28. The number of benzene rings is 9. The summed E-state index contributed by atoms with van der Waals surface area (Å²) in [7, 11) is 0. The van der Waals surface area contributed by atoms with Crippen molar-refractivity contribution < 1.29 is 0 Å². The van der Waals surface area contributed by atoms with E-state index in [0.29, 0.717) is 0 Å². The zero-order chi connectivity index (χ0) is 39.5. The van der Waals surface area contributed by atoms with Crippen LogP contribution in [0, 0.1) is 0 Å². The highest BCUT2D eigenvalue weighted by Crippen LogP contribution is 2.50. The molecule has 2 heteroatoms. The molecule has 0 fully saturated rings. The van der Waals surface area contributed by atoms with Crippen molar-refractivity contribution in [2.45, 2.75) is 19.3 Å². The Labute approximate surface area is 350 Å². The van der Waals surface area contributed by atoms with Gasteiger partial charge in [0, 0.05) is 42.5 Å². The standard InChI is InChI=1S/C57H41NS/c1-57(2)52-26-9-6-22-48(52)51-37-43(31-34-53(51)57)41-18-12-17-40(35-41)42-19-13-20-45(36-42)58(54-27-10-7-21-46(54)38-15-4-3-5-16-38)44-32-29-39(30-33-44)47-24-14-25-50-49-23-8-11-28-55(49)59-56(47)50/h3-37H,1-2H3. The van der Waals surface area contributed by atoms with Crippen molar-refractivity contribution >= 4 is 48.6 Å². The van der Waals surface area contributed by atoms with Gasteiger partial charge in [-0.25, -0.2) is 0 Å². The summed E-state index contributed by atoms with van der Waals surface area (Å²) >= 11 is 1.88. The van der Waals surface area contributed by atoms with Gasteiger partial charge in [-0.2, -0.15) is 0 Å². The molecule has 0 atom stereocenters. The van der Waals surface area contributed by atoms with Crippen LogP contribution in [0.5, 0.6) is 0 Å². The summed E-state index contributed by atoms with van der Waals surface area (Å²) in [5.41, 5.74) is 18.5. The van der Waals surface area contributed by atoms with Gasteiger partial charge >= 0.3 is 0 Å². The molecule has 0 unspecified atom stereocenters. The van der Waals surface area contributed by atoms with E-state index in [1.54, 1.807) is 0 Å². The lowest BCUT2D eigenvalue weighted by molar-refractivity contribution is 0.660. The number of para-hydroxylation sites is 1. The molecule has 1 nitrogen and oxygen atoms in total. The quantitative estimate of drug-likeness (QED) is 0.156. The number of anilines is 3. The summed E-state index contributed by atoms with van der Waals surface area (Å²) in [6, 6.07) is 78.0. The number of fused-ring (bicyclic) bond motifs is 6. The van der Waals surface area contributed by atoms with E-state index in [9.17, 15) is 0 Å². The second-order valence-electron chi connectivity index (χ2n) is 16.1. The summed E-state index contributed by atoms with van der Waals surface area (Å²) in [6.45, 7) is 4.68. The topological polar surface area (TPSA) is 3.24 Å². The van der Waals surface area contributed by atoms with Gasteiger partial charge in [-0.3, -0.25) is 0 Å². The van der Waals surface area contributed by atoms with Crippen LogP contribution in [0.3, 0.4) is 0 Å². The average Bonchev–Trinajstić information content (AvgIpc) is 3.79. The van der Waals surface area contributed by atoms with Gasteiger partial charge in [0.1, 0.15) is 0 Å². The fourth-order valence-electron chi connectivity index (χ4n) is 9.32. The van der Waals surface area contributed by atoms with Crippen LogP contribution in [0.15, 0.2) is 212 Å². The van der Waals surface area contributed by atoms with Crippen LogP contribution < -0.4 is 4.90 Å². The van der Waals surface area contributed by atoms with E-state index in [1.165, 1.54) is 86.9 Å². The van der Waals surface area contributed by atoms with E-state index in [4.69, 9.17) is 0 Å². The second kappa shape index (κ2) is 14.1. The molecule has 1 heterocycles. The molecule has 1 aliphatic rings. The van der Waals surface area contributed by atoms with E-state index in [-0.39, 0.29) is 5.41 Å². The number of hydrogen-bond acceptors (Lipinski definition) is 2. The van der Waals surface area contributed by atoms with Crippen molar-refractivity contribution in [2.75, 3.05) is 4.90 Å². The normalized spacial score (nSPS) is 12.7. The lowest BCUT2D eigenvalue weighted by Crippen LogP contribution is -2.14. The van der Waals surface area contributed by atoms with E-state index < -0.39 is 0 Å². The van der Waals surface area contributed by atoms with E-state index >= 15 is 0 Å². The van der Waals surface area contributed by atoms with Gasteiger partial charge in [-0.15, -0.1) is 11.3 Å². The Hall–Kier alpha value is -7.00. The summed E-state index contributed by atoms with van der Waals surface area (Å²) in [4.78, 5) is 2.42. The monoisotopic (exact) mass is 771 g/mol. The largest absolute Gasteiger partial charge is 0.310 e. The summed E-state index contributed by atoms with van der Waals surface area (Å²) in [6.07, 6.45) is 0. The minimum atomic E-state index is -0.00863. The number of hydrogen-bond donors (Lipinski definition) is 0. The van der Waals surface area contributed by atoms with Crippen LogP contribution in [-0.4, -0.2) is 0 Å². The average molecular weight is 772 g/mol. The number of thiophene rings is 1. The molecule has 9 aromatic carbocycles. The van der Waals surface area contributed by atoms with Gasteiger partial charge < -0.3 is 4.90 Å². The third-order valence-electron chi connectivity index (χ3n) is 12.3. The molecular weight excluding hydrogens is 731 g/mol. The van der Waals surface area contributed by atoms with Crippen molar-refractivity contribution in [1.82, 2.24) is 0 Å². The van der Waals surface area contributed by atoms with E-state index in [1.807, 2.05) is 11.3 Å². The Morgan fingerprint density at radius 3 is 1.75 bits per heavy atom. The SMILES string of the molecule is CC1(C)c2ccccc2-c2cc(-c3cccc(-c4cccc(N(c5ccc(-c6cccc7c6sc6ccccc67)cc5)c5ccccc5-c5ccccc5)c4)c3)ccc21. The predicted octanol–water partition coefficient (Wildman–Crippen LogP) is 16.5. The van der Waals surface area contributed by atoms with E-state index in [2.05, 4.69) is 231 Å². The molecule has 0 bridgehead atoms. The highest BCUT2D eigenvalue weighted by atomic mass is 32.1. The molecule has 0 aliphatic heterocycles. The predicted molar refractivity (Wildman–Crippen MR) is 253 cm³/mol. The first-order valence-corrected chi connectivity index (χ1v) is 21.2. The van der Waals surface area contributed by atoms with Gasteiger partial charge in [-0.1, -0.05) is 178 Å². The van der Waals surface area contributed by atoms with Gasteiger partial charge in [0.15, 0.2) is 0 Å². The van der Waals surface area contributed by atoms with Gasteiger partial charge in [0.25, 0.3) is 0 Å². The summed E-state index contributed by atoms with van der Waals surface area (Å²) in [5.74, 6) is 0. The molecule has 0 radical (unpaired) electrons. The Bertz CT molecular complexity index is 3190. The van der Waals surface area contributed by atoms with Crippen LogP contribution in [0.25, 0.3) is 75.8 Å². The summed E-state index contributed by atoms with van der Waals surface area (Å²) < 4.78 is 2.65. The fourth-order valence-corrected chi connectivity index (χ4v) is 10.6. The molecule has 1 aliphatic carbocycles. The maximum atomic E-state index is 2.42. The van der Waals surface area contributed by atoms with Gasteiger partial charge in [-0.05, 0) is 110 Å². The number of nitrogens with zero attached hydrogens (tertiary/aromatic N) is 1. The molecule has 0 N–H and O–H groups in total. The second-order valence-corrected chi connectivity index (χ2v) is 17.2. The molecule has 280 valence electrons. The Morgan fingerprint density at radius 2 is 0.915 bits per heavy atom. The third-order valence-corrected chi connectivity index (χ3v) is 13.5. The van der Waals surface area contributed by atoms with Crippen LogP contribution >= 0.6 is 11.3 Å². The van der Waals surface area contributed by atoms with Crippen molar-refractivity contribution in [2.24, 2.45) is 0 Å². The lowest BCUT2D eigenvalue weighted by atomic mass is 9.82. The molecule has 0 amide bonds. The maximum Gasteiger partial charge on any atom is 0.0540 e.